The van der Waals surface area contributed by atoms with Gasteiger partial charge in [0, 0.05) is 25.5 Å². The number of aliphatic imine (C=N–C) groups is 1. The third kappa shape index (κ3) is 4.86. The second kappa shape index (κ2) is 9.89. The fourth-order valence-electron chi connectivity index (χ4n) is 3.42. The van der Waals surface area contributed by atoms with Gasteiger partial charge >= 0.3 is 0 Å². The molecule has 0 aliphatic carbocycles. The number of nitrogens with zero attached hydrogens (tertiary/aromatic N) is 4. The van der Waals surface area contributed by atoms with Crippen molar-refractivity contribution in [2.75, 3.05) is 31.2 Å². The number of thioether (sulfide) groups is 1. The summed E-state index contributed by atoms with van der Waals surface area (Å²) in [6, 6.07) is 13.1. The number of carbonyl (C=O) groups excluding carboxylic acids is 2. The van der Waals surface area contributed by atoms with Crippen molar-refractivity contribution in [2.45, 2.75) is 18.6 Å². The Hall–Kier alpha value is -2.97. The van der Waals surface area contributed by atoms with Gasteiger partial charge in [0.05, 0.1) is 24.2 Å². The molecule has 1 aromatic heterocycles. The minimum Gasteiger partial charge on any atom is -0.378 e. The van der Waals surface area contributed by atoms with Crippen molar-refractivity contribution in [1.82, 2.24) is 9.88 Å². The molecule has 160 valence electrons. The Balaban J connectivity index is 1.64. The van der Waals surface area contributed by atoms with E-state index in [1.807, 2.05) is 54.3 Å². The summed E-state index contributed by atoms with van der Waals surface area (Å²) in [7, 11) is 0. The predicted octanol–water partition coefficient (Wildman–Crippen LogP) is 3.20. The van der Waals surface area contributed by atoms with Crippen LogP contribution in [0.15, 0.2) is 65.5 Å². The first kappa shape index (κ1) is 21.3. The van der Waals surface area contributed by atoms with Gasteiger partial charge in [-0.25, -0.2) is 4.99 Å². The molecule has 2 amide bonds. The van der Waals surface area contributed by atoms with Crippen molar-refractivity contribution in [1.29, 1.82) is 0 Å². The quantitative estimate of drug-likeness (QED) is 0.673. The van der Waals surface area contributed by atoms with Crippen LogP contribution in [-0.4, -0.2) is 58.4 Å². The highest BCUT2D eigenvalue weighted by Crippen LogP contribution is 2.32. The van der Waals surface area contributed by atoms with Gasteiger partial charge in [-0.2, -0.15) is 0 Å². The minimum atomic E-state index is -0.325. The lowest BCUT2D eigenvalue weighted by Crippen LogP contribution is -2.45. The monoisotopic (exact) mass is 436 g/mol. The van der Waals surface area contributed by atoms with E-state index in [0.717, 1.165) is 11.3 Å². The van der Waals surface area contributed by atoms with Crippen molar-refractivity contribution in [3.05, 3.63) is 66.1 Å². The molecular weight excluding hydrogens is 412 g/mol. The zero-order valence-electron chi connectivity index (χ0n) is 17.3. The maximum absolute atomic E-state index is 13.3. The Labute approximate surface area is 185 Å². The fraction of sp³-hybridized carbons (Fsp3) is 0.304. The van der Waals surface area contributed by atoms with Crippen LogP contribution in [0.2, 0.25) is 0 Å². The van der Waals surface area contributed by atoms with E-state index in [9.17, 15) is 9.59 Å². The van der Waals surface area contributed by atoms with Crippen LogP contribution in [-0.2, 0) is 14.3 Å². The standard InChI is InChI=1S/C23H24N4O3S/c1-2-20(22(29)26-11-13-30-14-12-26)31-23-25-19(15-17-7-6-10-24-16-17)21(28)27(23)18-8-4-3-5-9-18/h3-10,15-16,20H,2,11-14H2,1H3/b19-15-. The number of ether oxygens (including phenoxy) is 1. The number of anilines is 1. The van der Waals surface area contributed by atoms with Crippen LogP contribution in [0.5, 0.6) is 0 Å². The Bertz CT molecular complexity index is 988. The molecule has 2 aromatic rings. The molecular formula is C23H24N4O3S. The summed E-state index contributed by atoms with van der Waals surface area (Å²) in [5, 5.41) is 0.188. The Morgan fingerprint density at radius 3 is 2.65 bits per heavy atom. The van der Waals surface area contributed by atoms with Crippen molar-refractivity contribution >= 4 is 40.5 Å². The number of carbonyl (C=O) groups is 2. The third-order valence-corrected chi connectivity index (χ3v) is 6.35. The van der Waals surface area contributed by atoms with Gasteiger partial charge in [0.1, 0.15) is 5.70 Å². The predicted molar refractivity (Wildman–Crippen MR) is 123 cm³/mol. The first-order valence-electron chi connectivity index (χ1n) is 10.3. The lowest BCUT2D eigenvalue weighted by Gasteiger charge is -2.30. The van der Waals surface area contributed by atoms with Gasteiger partial charge in [-0.3, -0.25) is 19.5 Å². The molecule has 2 aliphatic rings. The van der Waals surface area contributed by atoms with E-state index >= 15 is 0 Å². The molecule has 0 spiro atoms. The molecule has 2 aliphatic heterocycles. The zero-order chi connectivity index (χ0) is 21.6. The molecule has 3 heterocycles. The average molecular weight is 437 g/mol. The van der Waals surface area contributed by atoms with Crippen molar-refractivity contribution in [2.24, 2.45) is 4.99 Å². The molecule has 8 heteroatoms. The number of amides is 2. The SMILES string of the molecule is CCC(SC1=N/C(=C\c2cccnc2)C(=O)N1c1ccccc1)C(=O)N1CCOCC1. The topological polar surface area (TPSA) is 75.1 Å². The van der Waals surface area contributed by atoms with E-state index in [2.05, 4.69) is 9.98 Å². The van der Waals surface area contributed by atoms with Crippen LogP contribution in [0.25, 0.3) is 6.08 Å². The number of benzene rings is 1. The van der Waals surface area contributed by atoms with Crippen LogP contribution in [0.3, 0.4) is 0 Å². The first-order chi connectivity index (χ1) is 15.2. The van der Waals surface area contributed by atoms with Crippen LogP contribution in [0, 0.1) is 0 Å². The maximum atomic E-state index is 13.3. The van der Waals surface area contributed by atoms with Crippen molar-refractivity contribution in [3.8, 4) is 0 Å². The van der Waals surface area contributed by atoms with Crippen LogP contribution in [0.1, 0.15) is 18.9 Å². The number of hydrogen-bond donors (Lipinski definition) is 0. The third-order valence-electron chi connectivity index (χ3n) is 5.05. The second-order valence-electron chi connectivity index (χ2n) is 7.14. The summed E-state index contributed by atoms with van der Waals surface area (Å²) in [6.45, 7) is 4.28. The van der Waals surface area contributed by atoms with Gasteiger partial charge in [0.25, 0.3) is 5.91 Å². The lowest BCUT2D eigenvalue weighted by molar-refractivity contribution is -0.134. The van der Waals surface area contributed by atoms with Crippen LogP contribution >= 0.6 is 11.8 Å². The van der Waals surface area contributed by atoms with Crippen LogP contribution < -0.4 is 4.90 Å². The van der Waals surface area contributed by atoms with Gasteiger partial charge in [-0.1, -0.05) is 43.0 Å². The molecule has 1 fully saturated rings. The van der Waals surface area contributed by atoms with E-state index in [-0.39, 0.29) is 17.1 Å². The normalized spacial score (nSPS) is 18.9. The molecule has 1 aromatic carbocycles. The number of hydrogen-bond acceptors (Lipinski definition) is 6. The van der Waals surface area contributed by atoms with E-state index < -0.39 is 0 Å². The summed E-state index contributed by atoms with van der Waals surface area (Å²) in [5.74, 6) is -0.158. The highest BCUT2D eigenvalue weighted by Gasteiger charge is 2.36. The summed E-state index contributed by atoms with van der Waals surface area (Å²) in [4.78, 5) is 38.5. The first-order valence-corrected chi connectivity index (χ1v) is 11.2. The van der Waals surface area contributed by atoms with Crippen molar-refractivity contribution < 1.29 is 14.3 Å². The van der Waals surface area contributed by atoms with Crippen LogP contribution in [0.4, 0.5) is 5.69 Å². The number of amidine groups is 1. The Morgan fingerprint density at radius 1 is 1.19 bits per heavy atom. The smallest absolute Gasteiger partial charge is 0.283 e. The molecule has 1 unspecified atom stereocenters. The maximum Gasteiger partial charge on any atom is 0.283 e. The van der Waals surface area contributed by atoms with Gasteiger partial charge in [0.15, 0.2) is 5.17 Å². The molecule has 4 rings (SSSR count). The molecule has 0 saturated carbocycles. The number of pyridine rings is 1. The summed E-state index contributed by atoms with van der Waals surface area (Å²) in [5.41, 5.74) is 1.85. The van der Waals surface area contributed by atoms with E-state index in [1.54, 1.807) is 23.4 Å². The van der Waals surface area contributed by atoms with Gasteiger partial charge in [-0.15, -0.1) is 0 Å². The Morgan fingerprint density at radius 2 is 1.97 bits per heavy atom. The van der Waals surface area contributed by atoms with E-state index in [1.165, 1.54) is 11.8 Å². The Kier molecular flexibility index (Phi) is 6.79. The summed E-state index contributed by atoms with van der Waals surface area (Å²) >= 11 is 1.34. The number of rotatable bonds is 5. The zero-order valence-corrected chi connectivity index (χ0v) is 18.1. The molecule has 7 nitrogen and oxygen atoms in total. The molecule has 1 saturated heterocycles. The lowest BCUT2D eigenvalue weighted by atomic mass is 10.2. The molecule has 0 N–H and O–H groups in total. The van der Waals surface area contributed by atoms with E-state index in [0.29, 0.717) is 43.6 Å². The average Bonchev–Trinajstić information content (AvgIpc) is 3.13. The highest BCUT2D eigenvalue weighted by molar-refractivity contribution is 8.15. The highest BCUT2D eigenvalue weighted by atomic mass is 32.2. The molecule has 1 atom stereocenters. The van der Waals surface area contributed by atoms with Crippen molar-refractivity contribution in [3.63, 3.8) is 0 Å². The summed E-state index contributed by atoms with van der Waals surface area (Å²) < 4.78 is 5.37. The minimum absolute atomic E-state index is 0.0589. The number of morpholine rings is 1. The molecule has 0 radical (unpaired) electrons. The van der Waals surface area contributed by atoms with Gasteiger partial charge in [-0.05, 0) is 36.3 Å². The van der Waals surface area contributed by atoms with Gasteiger partial charge < -0.3 is 9.64 Å². The van der Waals surface area contributed by atoms with Gasteiger partial charge in [0.2, 0.25) is 5.91 Å². The summed E-state index contributed by atoms with van der Waals surface area (Å²) in [6.07, 6.45) is 5.73. The van der Waals surface area contributed by atoms with E-state index in [4.69, 9.17) is 4.74 Å². The largest absolute Gasteiger partial charge is 0.378 e. The number of para-hydroxylation sites is 1. The molecule has 0 bridgehead atoms. The molecule has 31 heavy (non-hydrogen) atoms. The fourth-order valence-corrected chi connectivity index (χ4v) is 4.54. The number of aromatic nitrogens is 1. The second-order valence-corrected chi connectivity index (χ2v) is 8.31.